The lowest BCUT2D eigenvalue weighted by molar-refractivity contribution is 0.281. The molecule has 0 aliphatic rings. The smallest absolute Gasteiger partial charge is 0.173 e. The number of rotatable bonds is 4. The van der Waals surface area contributed by atoms with Gasteiger partial charge in [-0.25, -0.2) is 0 Å². The van der Waals surface area contributed by atoms with Crippen molar-refractivity contribution >= 4 is 5.84 Å². The van der Waals surface area contributed by atoms with Crippen molar-refractivity contribution in [1.82, 2.24) is 0 Å². The summed E-state index contributed by atoms with van der Waals surface area (Å²) in [6.45, 7) is 1.87. The fraction of sp³-hybridized carbons (Fsp3) is 0.133. The standard InChI is InChI=1S/C15H16N2O3/c1-10-3-2-4-13(15(16)17-19)14(10)20-12-7-5-11(9-18)6-8-12/h2-8,18-19H,9H2,1H3,(H2,16,17). The van der Waals surface area contributed by atoms with E-state index in [2.05, 4.69) is 5.16 Å². The van der Waals surface area contributed by atoms with Gasteiger partial charge >= 0.3 is 0 Å². The number of hydrogen-bond acceptors (Lipinski definition) is 4. The first-order valence-corrected chi connectivity index (χ1v) is 6.11. The highest BCUT2D eigenvalue weighted by molar-refractivity contribution is 6.00. The van der Waals surface area contributed by atoms with Crippen LogP contribution in [0.5, 0.6) is 11.5 Å². The maximum atomic E-state index is 9.01. The molecule has 0 unspecified atom stereocenters. The van der Waals surface area contributed by atoms with E-state index in [1.54, 1.807) is 30.3 Å². The van der Waals surface area contributed by atoms with Crippen molar-refractivity contribution in [2.75, 3.05) is 0 Å². The highest BCUT2D eigenvalue weighted by atomic mass is 16.5. The van der Waals surface area contributed by atoms with Crippen LogP contribution in [0, 0.1) is 6.92 Å². The third-order valence-corrected chi connectivity index (χ3v) is 2.92. The maximum absolute atomic E-state index is 9.01. The molecule has 5 nitrogen and oxygen atoms in total. The quantitative estimate of drug-likeness (QED) is 0.345. The van der Waals surface area contributed by atoms with Crippen LogP contribution in [-0.4, -0.2) is 16.1 Å². The van der Waals surface area contributed by atoms with Crippen LogP contribution >= 0.6 is 0 Å². The number of hydrogen-bond donors (Lipinski definition) is 3. The van der Waals surface area contributed by atoms with Crippen molar-refractivity contribution in [2.45, 2.75) is 13.5 Å². The topological polar surface area (TPSA) is 88.1 Å². The highest BCUT2D eigenvalue weighted by Crippen LogP contribution is 2.29. The van der Waals surface area contributed by atoms with Crippen molar-refractivity contribution in [3.63, 3.8) is 0 Å². The van der Waals surface area contributed by atoms with E-state index in [1.807, 2.05) is 19.1 Å². The lowest BCUT2D eigenvalue weighted by atomic mass is 10.1. The van der Waals surface area contributed by atoms with E-state index in [0.717, 1.165) is 11.1 Å². The van der Waals surface area contributed by atoms with Crippen LogP contribution in [0.4, 0.5) is 0 Å². The molecule has 0 aliphatic heterocycles. The molecule has 2 rings (SSSR count). The van der Waals surface area contributed by atoms with Crippen molar-refractivity contribution in [3.05, 3.63) is 59.2 Å². The molecule has 4 N–H and O–H groups in total. The van der Waals surface area contributed by atoms with Gasteiger partial charge in [-0.15, -0.1) is 0 Å². The molecule has 0 aliphatic carbocycles. The maximum Gasteiger partial charge on any atom is 0.173 e. The van der Waals surface area contributed by atoms with Crippen molar-refractivity contribution in [1.29, 1.82) is 0 Å². The Hall–Kier alpha value is -2.53. The molecule has 0 atom stereocenters. The van der Waals surface area contributed by atoms with Gasteiger partial charge < -0.3 is 20.8 Å². The number of aryl methyl sites for hydroxylation is 1. The predicted molar refractivity (Wildman–Crippen MR) is 76.1 cm³/mol. The number of oxime groups is 1. The van der Waals surface area contributed by atoms with Crippen LogP contribution in [0.3, 0.4) is 0 Å². The highest BCUT2D eigenvalue weighted by Gasteiger charge is 2.11. The van der Waals surface area contributed by atoms with Gasteiger partial charge in [0.05, 0.1) is 12.2 Å². The Morgan fingerprint density at radius 3 is 2.50 bits per heavy atom. The Morgan fingerprint density at radius 1 is 1.20 bits per heavy atom. The second kappa shape index (κ2) is 6.08. The van der Waals surface area contributed by atoms with E-state index in [4.69, 9.17) is 20.8 Å². The Bertz CT molecular complexity index is 622. The second-order valence-corrected chi connectivity index (χ2v) is 4.34. The Balaban J connectivity index is 2.37. The summed E-state index contributed by atoms with van der Waals surface area (Å²) in [6, 6.07) is 12.5. The van der Waals surface area contributed by atoms with Crippen LogP contribution in [0.1, 0.15) is 16.7 Å². The summed E-state index contributed by atoms with van der Waals surface area (Å²) in [6.07, 6.45) is 0. The van der Waals surface area contributed by atoms with Crippen LogP contribution in [-0.2, 0) is 6.61 Å². The number of para-hydroxylation sites is 1. The van der Waals surface area contributed by atoms with Crippen LogP contribution in [0.2, 0.25) is 0 Å². The van der Waals surface area contributed by atoms with Gasteiger partial charge in [0, 0.05) is 0 Å². The fourth-order valence-corrected chi connectivity index (χ4v) is 1.82. The zero-order valence-electron chi connectivity index (χ0n) is 11.1. The predicted octanol–water partition coefficient (Wildman–Crippen LogP) is 2.37. The van der Waals surface area contributed by atoms with Gasteiger partial charge in [-0.3, -0.25) is 0 Å². The Labute approximate surface area is 116 Å². The molecule has 0 spiro atoms. The minimum atomic E-state index is -0.0139. The van der Waals surface area contributed by atoms with Crippen molar-refractivity contribution < 1.29 is 15.1 Å². The summed E-state index contributed by atoms with van der Waals surface area (Å²) >= 11 is 0. The fourth-order valence-electron chi connectivity index (χ4n) is 1.82. The van der Waals surface area contributed by atoms with E-state index >= 15 is 0 Å². The first-order valence-electron chi connectivity index (χ1n) is 6.11. The molecule has 0 bridgehead atoms. The Kier molecular flexibility index (Phi) is 4.22. The monoisotopic (exact) mass is 272 g/mol. The summed E-state index contributed by atoms with van der Waals surface area (Å²) < 4.78 is 5.81. The third-order valence-electron chi connectivity index (χ3n) is 2.92. The van der Waals surface area contributed by atoms with E-state index in [0.29, 0.717) is 17.1 Å². The van der Waals surface area contributed by atoms with Crippen LogP contribution < -0.4 is 10.5 Å². The molecule has 0 saturated carbocycles. The lowest BCUT2D eigenvalue weighted by Gasteiger charge is -2.13. The van der Waals surface area contributed by atoms with Gasteiger partial charge in [-0.2, -0.15) is 0 Å². The average molecular weight is 272 g/mol. The first-order chi connectivity index (χ1) is 9.65. The molecule has 20 heavy (non-hydrogen) atoms. The normalized spacial score (nSPS) is 11.4. The number of nitrogens with two attached hydrogens (primary N) is 1. The SMILES string of the molecule is Cc1cccc(/C(N)=N/O)c1Oc1ccc(CO)cc1. The molecule has 2 aromatic carbocycles. The summed E-state index contributed by atoms with van der Waals surface area (Å²) in [5.41, 5.74) is 7.86. The molecule has 2 aromatic rings. The summed E-state index contributed by atoms with van der Waals surface area (Å²) in [4.78, 5) is 0. The molecule has 0 heterocycles. The molecule has 5 heteroatoms. The zero-order valence-corrected chi connectivity index (χ0v) is 11.1. The molecule has 104 valence electrons. The van der Waals surface area contributed by atoms with Gasteiger partial charge in [-0.05, 0) is 36.2 Å². The number of aliphatic hydroxyl groups is 1. The number of aliphatic hydroxyl groups excluding tert-OH is 1. The number of nitrogens with zero attached hydrogens (tertiary/aromatic N) is 1. The molecular formula is C15H16N2O3. The average Bonchev–Trinajstić information content (AvgIpc) is 2.49. The van der Waals surface area contributed by atoms with E-state index in [1.165, 1.54) is 0 Å². The van der Waals surface area contributed by atoms with Gasteiger partial charge in [0.25, 0.3) is 0 Å². The number of amidine groups is 1. The Morgan fingerprint density at radius 2 is 1.90 bits per heavy atom. The number of benzene rings is 2. The van der Waals surface area contributed by atoms with Gasteiger partial charge in [0.15, 0.2) is 5.84 Å². The summed E-state index contributed by atoms with van der Waals surface area (Å²) in [5, 5.41) is 20.8. The molecule has 0 fully saturated rings. The van der Waals surface area contributed by atoms with Crippen LogP contribution in [0.15, 0.2) is 47.6 Å². The minimum absolute atomic E-state index is 0.00400. The van der Waals surface area contributed by atoms with Gasteiger partial charge in [0.1, 0.15) is 11.5 Å². The molecule has 0 radical (unpaired) electrons. The minimum Gasteiger partial charge on any atom is -0.456 e. The van der Waals surface area contributed by atoms with Crippen molar-refractivity contribution in [3.8, 4) is 11.5 Å². The molecule has 0 amide bonds. The largest absolute Gasteiger partial charge is 0.456 e. The molecule has 0 saturated heterocycles. The van der Waals surface area contributed by atoms with Gasteiger partial charge in [0.2, 0.25) is 0 Å². The van der Waals surface area contributed by atoms with Gasteiger partial charge in [-0.1, -0.05) is 29.4 Å². The molecular weight excluding hydrogens is 256 g/mol. The van der Waals surface area contributed by atoms with Crippen molar-refractivity contribution in [2.24, 2.45) is 10.9 Å². The van der Waals surface area contributed by atoms with Crippen LogP contribution in [0.25, 0.3) is 0 Å². The molecule has 0 aromatic heterocycles. The van der Waals surface area contributed by atoms with E-state index in [-0.39, 0.29) is 12.4 Å². The van der Waals surface area contributed by atoms with E-state index < -0.39 is 0 Å². The second-order valence-electron chi connectivity index (χ2n) is 4.34. The first kappa shape index (κ1) is 13.9. The lowest BCUT2D eigenvalue weighted by Crippen LogP contribution is -2.14. The number of ether oxygens (including phenoxy) is 1. The third kappa shape index (κ3) is 2.89. The zero-order chi connectivity index (χ0) is 14.5. The van der Waals surface area contributed by atoms with E-state index in [9.17, 15) is 0 Å². The summed E-state index contributed by atoms with van der Waals surface area (Å²) in [7, 11) is 0. The summed E-state index contributed by atoms with van der Waals surface area (Å²) in [5.74, 6) is 1.15.